The van der Waals surface area contributed by atoms with Crippen LogP contribution in [0.2, 0.25) is 0 Å². The number of hydrogen-bond acceptors (Lipinski definition) is 10. The van der Waals surface area contributed by atoms with E-state index in [1.165, 1.54) is 18.7 Å². The number of carbonyl (C=O) groups excluding carboxylic acids is 3. The zero-order valence-corrected chi connectivity index (χ0v) is 19.2. The van der Waals surface area contributed by atoms with Gasteiger partial charge in [0.1, 0.15) is 24.3 Å². The lowest BCUT2D eigenvalue weighted by molar-refractivity contribution is -0.225. The standard InChI is InChI=1S/C19H25O10PS/c1-11(20)25-10-15-16(26-12(2)21)17(29-30(4,23)24)18(27-13(3)22)19(28-15)31-14-8-6-5-7-9-14/h5-9,15-19H,10H2,1-4H3,(H,23,24)/t15-,16+,17+,18-,19-/m1/s1. The number of esters is 3. The zero-order chi connectivity index (χ0) is 23.2. The molecule has 0 aromatic heterocycles. The van der Waals surface area contributed by atoms with E-state index >= 15 is 0 Å². The first-order valence-electron chi connectivity index (χ1n) is 9.30. The summed E-state index contributed by atoms with van der Waals surface area (Å²) in [6.45, 7) is 4.14. The van der Waals surface area contributed by atoms with E-state index in [1.807, 2.05) is 6.07 Å². The highest BCUT2D eigenvalue weighted by Gasteiger charge is 2.52. The molecule has 1 unspecified atom stereocenters. The molecule has 0 bridgehead atoms. The summed E-state index contributed by atoms with van der Waals surface area (Å²) in [6.07, 6.45) is -4.89. The smallest absolute Gasteiger partial charge is 0.325 e. The Kier molecular flexibility index (Phi) is 9.08. The number of thioether (sulfide) groups is 1. The highest BCUT2D eigenvalue weighted by molar-refractivity contribution is 7.99. The van der Waals surface area contributed by atoms with Crippen molar-refractivity contribution in [3.63, 3.8) is 0 Å². The number of carbonyl (C=O) groups is 3. The fourth-order valence-electron chi connectivity index (χ4n) is 2.94. The molecule has 2 rings (SSSR count). The van der Waals surface area contributed by atoms with E-state index in [2.05, 4.69) is 0 Å². The van der Waals surface area contributed by atoms with Gasteiger partial charge in [0.15, 0.2) is 12.2 Å². The van der Waals surface area contributed by atoms with Crippen molar-refractivity contribution >= 4 is 37.3 Å². The predicted molar refractivity (Wildman–Crippen MR) is 109 cm³/mol. The Bertz CT molecular complexity index is 826. The maximum Gasteiger partial charge on any atom is 0.325 e. The molecule has 1 heterocycles. The molecule has 172 valence electrons. The quantitative estimate of drug-likeness (QED) is 0.336. The summed E-state index contributed by atoms with van der Waals surface area (Å²) in [5.74, 6) is -2.01. The zero-order valence-electron chi connectivity index (χ0n) is 17.5. The third kappa shape index (κ3) is 8.27. The molecule has 0 amide bonds. The van der Waals surface area contributed by atoms with Crippen LogP contribution in [0, 0.1) is 0 Å². The van der Waals surface area contributed by atoms with Crippen molar-refractivity contribution in [2.75, 3.05) is 13.3 Å². The minimum atomic E-state index is -4.12. The van der Waals surface area contributed by atoms with Gasteiger partial charge in [-0.1, -0.05) is 30.0 Å². The molecule has 1 aliphatic heterocycles. The van der Waals surface area contributed by atoms with Crippen LogP contribution in [0.5, 0.6) is 0 Å². The SMILES string of the molecule is CC(=O)OC[C@H]1O[C@H](Sc2ccccc2)[C@H](OC(C)=O)[C@@H](OP(C)(=O)O)[C@H]1OC(C)=O. The van der Waals surface area contributed by atoms with Crippen molar-refractivity contribution < 1.29 is 47.3 Å². The molecule has 1 aromatic rings. The van der Waals surface area contributed by atoms with Crippen LogP contribution in [-0.4, -0.2) is 65.9 Å². The molecule has 10 nitrogen and oxygen atoms in total. The monoisotopic (exact) mass is 476 g/mol. The van der Waals surface area contributed by atoms with Crippen LogP contribution >= 0.6 is 19.4 Å². The Labute approximate surface area is 184 Å². The number of hydrogen-bond donors (Lipinski definition) is 1. The van der Waals surface area contributed by atoms with Gasteiger partial charge in [0.2, 0.25) is 0 Å². The molecule has 1 aliphatic rings. The van der Waals surface area contributed by atoms with E-state index in [4.69, 9.17) is 23.5 Å². The van der Waals surface area contributed by atoms with Gasteiger partial charge in [-0.2, -0.15) is 0 Å². The largest absolute Gasteiger partial charge is 0.463 e. The maximum atomic E-state index is 12.1. The Hall–Kier alpha value is -1.91. The van der Waals surface area contributed by atoms with Crippen molar-refractivity contribution in [3.05, 3.63) is 30.3 Å². The Morgan fingerprint density at radius 3 is 2.10 bits per heavy atom. The number of ether oxygens (including phenoxy) is 4. The van der Waals surface area contributed by atoms with Crippen LogP contribution in [0.4, 0.5) is 0 Å². The maximum absolute atomic E-state index is 12.1. The second kappa shape index (κ2) is 11.1. The van der Waals surface area contributed by atoms with Gasteiger partial charge in [0, 0.05) is 32.3 Å². The Morgan fingerprint density at radius 2 is 1.58 bits per heavy atom. The molecular weight excluding hydrogens is 451 g/mol. The summed E-state index contributed by atoms with van der Waals surface area (Å²) in [4.78, 5) is 45.5. The van der Waals surface area contributed by atoms with E-state index < -0.39 is 55.4 Å². The van der Waals surface area contributed by atoms with Gasteiger partial charge in [0.25, 0.3) is 0 Å². The average Bonchev–Trinajstić information content (AvgIpc) is 2.64. The second-order valence-corrected chi connectivity index (χ2v) is 9.79. The number of rotatable bonds is 8. The molecule has 31 heavy (non-hydrogen) atoms. The summed E-state index contributed by atoms with van der Waals surface area (Å²) in [5.41, 5.74) is -0.921. The molecule has 0 aliphatic carbocycles. The van der Waals surface area contributed by atoms with Gasteiger partial charge in [-0.05, 0) is 12.1 Å². The first-order valence-corrected chi connectivity index (χ1v) is 12.2. The van der Waals surface area contributed by atoms with Crippen molar-refractivity contribution in [2.45, 2.75) is 55.5 Å². The first-order chi connectivity index (χ1) is 14.5. The molecule has 0 spiro atoms. The molecule has 6 atom stereocenters. The molecule has 1 fully saturated rings. The fraction of sp³-hybridized carbons (Fsp3) is 0.526. The molecule has 1 saturated heterocycles. The van der Waals surface area contributed by atoms with Crippen LogP contribution in [0.3, 0.4) is 0 Å². The molecule has 1 aromatic carbocycles. The van der Waals surface area contributed by atoms with E-state index in [9.17, 15) is 23.8 Å². The summed E-state index contributed by atoms with van der Waals surface area (Å²) < 4.78 is 39.1. The van der Waals surface area contributed by atoms with Gasteiger partial charge in [-0.3, -0.25) is 23.5 Å². The van der Waals surface area contributed by atoms with Crippen LogP contribution in [-0.2, 0) is 42.4 Å². The van der Waals surface area contributed by atoms with E-state index in [0.29, 0.717) is 0 Å². The average molecular weight is 476 g/mol. The molecule has 1 N–H and O–H groups in total. The summed E-state index contributed by atoms with van der Waals surface area (Å²) >= 11 is 1.17. The van der Waals surface area contributed by atoms with Gasteiger partial charge >= 0.3 is 25.5 Å². The van der Waals surface area contributed by atoms with Crippen LogP contribution in [0.25, 0.3) is 0 Å². The van der Waals surface area contributed by atoms with Crippen molar-refractivity contribution in [1.29, 1.82) is 0 Å². The Morgan fingerprint density at radius 1 is 1.00 bits per heavy atom. The third-order valence-corrected chi connectivity index (χ3v) is 5.75. The third-order valence-electron chi connectivity index (χ3n) is 3.96. The summed E-state index contributed by atoms with van der Waals surface area (Å²) in [6, 6.07) is 9.01. The highest BCUT2D eigenvalue weighted by Crippen LogP contribution is 2.45. The van der Waals surface area contributed by atoms with E-state index in [1.54, 1.807) is 24.3 Å². The van der Waals surface area contributed by atoms with Gasteiger partial charge < -0.3 is 23.8 Å². The number of benzene rings is 1. The summed E-state index contributed by atoms with van der Waals surface area (Å²) in [7, 11) is -4.12. The van der Waals surface area contributed by atoms with Crippen LogP contribution < -0.4 is 0 Å². The van der Waals surface area contributed by atoms with Crippen LogP contribution in [0.15, 0.2) is 35.2 Å². The van der Waals surface area contributed by atoms with Crippen molar-refractivity contribution in [1.82, 2.24) is 0 Å². The lowest BCUT2D eigenvalue weighted by atomic mass is 9.99. The highest BCUT2D eigenvalue weighted by atomic mass is 32.2. The summed E-state index contributed by atoms with van der Waals surface area (Å²) in [5, 5.41) is 0. The van der Waals surface area contributed by atoms with E-state index in [0.717, 1.165) is 25.4 Å². The van der Waals surface area contributed by atoms with Crippen molar-refractivity contribution in [3.8, 4) is 0 Å². The van der Waals surface area contributed by atoms with Gasteiger partial charge in [0.05, 0.1) is 0 Å². The first kappa shape index (κ1) is 25.4. The lowest BCUT2D eigenvalue weighted by Crippen LogP contribution is -2.60. The second-order valence-electron chi connectivity index (χ2n) is 6.80. The van der Waals surface area contributed by atoms with Crippen molar-refractivity contribution in [2.24, 2.45) is 0 Å². The molecule has 0 saturated carbocycles. The molecule has 12 heteroatoms. The normalized spacial score (nSPS) is 27.6. The topological polar surface area (TPSA) is 135 Å². The van der Waals surface area contributed by atoms with E-state index in [-0.39, 0.29) is 6.61 Å². The van der Waals surface area contributed by atoms with Gasteiger partial charge in [-0.25, -0.2) is 0 Å². The lowest BCUT2D eigenvalue weighted by Gasteiger charge is -2.44. The minimum Gasteiger partial charge on any atom is -0.463 e. The minimum absolute atomic E-state index is 0.314. The predicted octanol–water partition coefficient (Wildman–Crippen LogP) is 2.13. The fourth-order valence-corrected chi connectivity index (χ4v) is 4.75. The van der Waals surface area contributed by atoms with Gasteiger partial charge in [-0.15, -0.1) is 0 Å². The Balaban J connectivity index is 2.46. The molecule has 0 radical (unpaired) electrons. The van der Waals surface area contributed by atoms with Crippen LogP contribution in [0.1, 0.15) is 20.8 Å². The molecular formula is C19H25O10PS.